The van der Waals surface area contributed by atoms with Gasteiger partial charge < -0.3 is 9.64 Å². The van der Waals surface area contributed by atoms with Crippen LogP contribution in [-0.2, 0) is 9.53 Å². The number of methoxy groups -OCH3 is 1. The predicted octanol–water partition coefficient (Wildman–Crippen LogP) is 3.41. The van der Waals surface area contributed by atoms with Crippen LogP contribution in [-0.4, -0.2) is 36.5 Å². The molecule has 1 aromatic rings. The van der Waals surface area contributed by atoms with Gasteiger partial charge in [-0.25, -0.2) is 4.79 Å². The fourth-order valence-corrected chi connectivity index (χ4v) is 3.14. The maximum atomic E-state index is 11.4. The van der Waals surface area contributed by atoms with Crippen molar-refractivity contribution in [2.24, 2.45) is 0 Å². The molecule has 4 heteroatoms. The number of carbonyl (C=O) groups is 2. The lowest BCUT2D eigenvalue weighted by Gasteiger charge is -2.30. The van der Waals surface area contributed by atoms with Crippen molar-refractivity contribution in [2.45, 2.75) is 51.0 Å². The molecule has 0 spiro atoms. The Kier molecular flexibility index (Phi) is 6.44. The number of hydrogen-bond donors (Lipinski definition) is 0. The second kappa shape index (κ2) is 8.57. The van der Waals surface area contributed by atoms with Crippen LogP contribution in [0.3, 0.4) is 0 Å². The van der Waals surface area contributed by atoms with Gasteiger partial charge in [-0.1, -0.05) is 37.5 Å². The van der Waals surface area contributed by atoms with E-state index < -0.39 is 0 Å². The lowest BCUT2D eigenvalue weighted by molar-refractivity contribution is -0.130. The van der Waals surface area contributed by atoms with Gasteiger partial charge in [-0.2, -0.15) is 0 Å². The van der Waals surface area contributed by atoms with Crippen LogP contribution >= 0.6 is 0 Å². The Bertz CT molecular complexity index is 480. The number of rotatable bonds is 2. The number of ether oxygens (including phenoxy) is 1. The SMILES string of the molecule is COC(=O)c1ccccc1.O=C1CCCN1C1CCCCC1. The minimum absolute atomic E-state index is 0.291. The molecule has 0 atom stereocenters. The Morgan fingerprint density at radius 1 is 1.09 bits per heavy atom. The maximum Gasteiger partial charge on any atom is 0.337 e. The van der Waals surface area contributed by atoms with Crippen LogP contribution in [0.4, 0.5) is 0 Å². The van der Waals surface area contributed by atoms with Gasteiger partial charge in [-0.3, -0.25) is 4.79 Å². The van der Waals surface area contributed by atoms with Crippen LogP contribution in [0.1, 0.15) is 55.3 Å². The third kappa shape index (κ3) is 4.58. The molecular weight excluding hydrogens is 278 g/mol. The summed E-state index contributed by atoms with van der Waals surface area (Å²) in [6.45, 7) is 1.03. The molecule has 1 saturated carbocycles. The quantitative estimate of drug-likeness (QED) is 0.787. The van der Waals surface area contributed by atoms with Gasteiger partial charge in [0.1, 0.15) is 0 Å². The molecule has 1 saturated heterocycles. The van der Waals surface area contributed by atoms with Gasteiger partial charge in [-0.15, -0.1) is 0 Å². The van der Waals surface area contributed by atoms with Gasteiger partial charge in [0.25, 0.3) is 0 Å². The summed E-state index contributed by atoms with van der Waals surface area (Å²) in [4.78, 5) is 24.3. The summed E-state index contributed by atoms with van der Waals surface area (Å²) in [5.74, 6) is 0.113. The molecule has 1 amide bonds. The van der Waals surface area contributed by atoms with Gasteiger partial charge in [-0.05, 0) is 31.4 Å². The van der Waals surface area contributed by atoms with E-state index in [9.17, 15) is 9.59 Å². The first-order valence-corrected chi connectivity index (χ1v) is 8.15. The second-order valence-corrected chi connectivity index (χ2v) is 5.84. The molecule has 1 heterocycles. The predicted molar refractivity (Wildman–Crippen MR) is 85.6 cm³/mol. The Hall–Kier alpha value is -1.84. The second-order valence-electron chi connectivity index (χ2n) is 5.84. The highest BCUT2D eigenvalue weighted by molar-refractivity contribution is 5.89. The van der Waals surface area contributed by atoms with E-state index in [0.717, 1.165) is 19.4 Å². The van der Waals surface area contributed by atoms with Crippen molar-refractivity contribution in [3.63, 3.8) is 0 Å². The smallest absolute Gasteiger partial charge is 0.337 e. The number of nitrogens with zero attached hydrogens (tertiary/aromatic N) is 1. The van der Waals surface area contributed by atoms with Gasteiger partial charge in [0, 0.05) is 19.0 Å². The van der Waals surface area contributed by atoms with E-state index in [1.54, 1.807) is 24.3 Å². The summed E-state index contributed by atoms with van der Waals surface area (Å²) in [5, 5.41) is 0. The Labute approximate surface area is 132 Å². The molecule has 0 unspecified atom stereocenters. The number of hydrogen-bond acceptors (Lipinski definition) is 3. The van der Waals surface area contributed by atoms with Crippen LogP contribution in [0, 0.1) is 0 Å². The zero-order chi connectivity index (χ0) is 15.8. The minimum atomic E-state index is -0.291. The summed E-state index contributed by atoms with van der Waals surface area (Å²) in [7, 11) is 1.37. The van der Waals surface area contributed by atoms with Crippen molar-refractivity contribution < 1.29 is 14.3 Å². The van der Waals surface area contributed by atoms with E-state index in [0.29, 0.717) is 17.5 Å². The van der Waals surface area contributed by atoms with Crippen molar-refractivity contribution in [1.29, 1.82) is 0 Å². The van der Waals surface area contributed by atoms with Crippen molar-refractivity contribution >= 4 is 11.9 Å². The van der Waals surface area contributed by atoms with Crippen molar-refractivity contribution in [3.05, 3.63) is 35.9 Å². The van der Waals surface area contributed by atoms with E-state index in [1.165, 1.54) is 39.2 Å². The van der Waals surface area contributed by atoms with Gasteiger partial charge in [0.05, 0.1) is 12.7 Å². The molecule has 1 aliphatic carbocycles. The normalized spacial score (nSPS) is 18.6. The van der Waals surface area contributed by atoms with E-state index in [1.807, 2.05) is 6.07 Å². The monoisotopic (exact) mass is 303 g/mol. The van der Waals surface area contributed by atoms with Crippen molar-refractivity contribution in [1.82, 2.24) is 4.90 Å². The summed E-state index contributed by atoms with van der Waals surface area (Å²) in [5.41, 5.74) is 0.588. The highest BCUT2D eigenvalue weighted by Crippen LogP contribution is 2.25. The average Bonchev–Trinajstić information content (AvgIpc) is 3.02. The molecule has 0 N–H and O–H groups in total. The first-order chi connectivity index (χ1) is 10.7. The summed E-state index contributed by atoms with van der Waals surface area (Å²) >= 11 is 0. The van der Waals surface area contributed by atoms with Crippen molar-refractivity contribution in [2.75, 3.05) is 13.7 Å². The Morgan fingerprint density at radius 3 is 2.32 bits per heavy atom. The molecule has 120 valence electrons. The van der Waals surface area contributed by atoms with Crippen LogP contribution in [0.5, 0.6) is 0 Å². The van der Waals surface area contributed by atoms with E-state index in [2.05, 4.69) is 9.64 Å². The first kappa shape index (κ1) is 16.5. The summed E-state index contributed by atoms with van der Waals surface area (Å²) < 4.78 is 4.50. The molecule has 3 rings (SSSR count). The largest absolute Gasteiger partial charge is 0.465 e. The fraction of sp³-hybridized carbons (Fsp3) is 0.556. The molecule has 0 radical (unpaired) electrons. The lowest BCUT2D eigenvalue weighted by atomic mass is 9.94. The zero-order valence-electron chi connectivity index (χ0n) is 13.3. The highest BCUT2D eigenvalue weighted by atomic mass is 16.5. The molecule has 1 aliphatic heterocycles. The number of amides is 1. The van der Waals surface area contributed by atoms with Crippen LogP contribution in [0.15, 0.2) is 30.3 Å². The van der Waals surface area contributed by atoms with Gasteiger partial charge in [0.15, 0.2) is 0 Å². The van der Waals surface area contributed by atoms with Crippen LogP contribution < -0.4 is 0 Å². The highest BCUT2D eigenvalue weighted by Gasteiger charge is 2.28. The molecule has 2 aliphatic rings. The maximum absolute atomic E-state index is 11.4. The molecular formula is C18H25NO3. The van der Waals surface area contributed by atoms with Crippen LogP contribution in [0.2, 0.25) is 0 Å². The Balaban J connectivity index is 0.000000164. The standard InChI is InChI=1S/C10H17NO.C8H8O2/c12-10-7-4-8-11(10)9-5-2-1-3-6-9;1-10-8(9)7-5-3-2-4-6-7/h9H,1-8H2;2-6H,1H3. The first-order valence-electron chi connectivity index (χ1n) is 8.15. The van der Waals surface area contributed by atoms with E-state index >= 15 is 0 Å². The third-order valence-corrected chi connectivity index (χ3v) is 4.32. The number of carbonyl (C=O) groups excluding carboxylic acids is 2. The summed E-state index contributed by atoms with van der Waals surface area (Å²) in [6.07, 6.45) is 8.44. The van der Waals surface area contributed by atoms with Crippen LogP contribution in [0.25, 0.3) is 0 Å². The fourth-order valence-electron chi connectivity index (χ4n) is 3.14. The molecule has 1 aromatic carbocycles. The molecule has 4 nitrogen and oxygen atoms in total. The molecule has 0 bridgehead atoms. The van der Waals surface area contributed by atoms with Gasteiger partial charge in [0.2, 0.25) is 5.91 Å². The minimum Gasteiger partial charge on any atom is -0.465 e. The zero-order valence-corrected chi connectivity index (χ0v) is 13.3. The molecule has 22 heavy (non-hydrogen) atoms. The lowest BCUT2D eigenvalue weighted by Crippen LogP contribution is -2.37. The molecule has 2 fully saturated rings. The third-order valence-electron chi connectivity index (χ3n) is 4.32. The number of esters is 1. The summed E-state index contributed by atoms with van der Waals surface area (Å²) in [6, 6.07) is 9.48. The number of benzene rings is 1. The Morgan fingerprint density at radius 2 is 1.77 bits per heavy atom. The van der Waals surface area contributed by atoms with E-state index in [4.69, 9.17) is 0 Å². The van der Waals surface area contributed by atoms with Crippen molar-refractivity contribution in [3.8, 4) is 0 Å². The van der Waals surface area contributed by atoms with Gasteiger partial charge >= 0.3 is 5.97 Å². The molecule has 0 aromatic heterocycles. The average molecular weight is 303 g/mol. The topological polar surface area (TPSA) is 46.6 Å². The van der Waals surface area contributed by atoms with E-state index in [-0.39, 0.29) is 5.97 Å². The number of likely N-dealkylation sites (tertiary alicyclic amines) is 1.